The lowest BCUT2D eigenvalue weighted by molar-refractivity contribution is 0.0933. The monoisotopic (exact) mass is 393 g/mol. The van der Waals surface area contributed by atoms with E-state index in [9.17, 15) is 13.6 Å². The van der Waals surface area contributed by atoms with E-state index in [2.05, 4.69) is 27.2 Å². The van der Waals surface area contributed by atoms with Gasteiger partial charge in [-0.2, -0.15) is 0 Å². The zero-order valence-electron chi connectivity index (χ0n) is 14.9. The number of hydrogen-bond donors (Lipinski definition) is 1. The minimum Gasteiger partial charge on any atom is -0.351 e. The average Bonchev–Trinajstić information content (AvgIpc) is 2.67. The van der Waals surface area contributed by atoms with E-state index in [4.69, 9.17) is 11.6 Å². The Bertz CT molecular complexity index is 780. The summed E-state index contributed by atoms with van der Waals surface area (Å²) in [5.41, 5.74) is 1.25. The molecule has 27 heavy (non-hydrogen) atoms. The van der Waals surface area contributed by atoms with E-state index in [0.29, 0.717) is 13.1 Å². The zero-order valence-corrected chi connectivity index (χ0v) is 15.7. The van der Waals surface area contributed by atoms with Crippen LogP contribution in [0.25, 0.3) is 0 Å². The highest BCUT2D eigenvalue weighted by atomic mass is 35.5. The molecule has 0 unspecified atom stereocenters. The summed E-state index contributed by atoms with van der Waals surface area (Å²) in [6, 6.07) is 12.0. The second-order valence-electron chi connectivity index (χ2n) is 6.61. The molecule has 7 heteroatoms. The van der Waals surface area contributed by atoms with Crippen LogP contribution < -0.4 is 5.32 Å². The summed E-state index contributed by atoms with van der Waals surface area (Å²) in [5, 5.41) is 2.62. The van der Waals surface area contributed by atoms with Gasteiger partial charge in [0.05, 0.1) is 10.6 Å². The van der Waals surface area contributed by atoms with Crippen molar-refractivity contribution in [2.75, 3.05) is 39.3 Å². The zero-order chi connectivity index (χ0) is 19.2. The standard InChI is InChI=1S/C20H22ClF2N3O/c21-17-13-19(23)18(22)12-16(17)20(27)24-6-7-25-8-10-26(11-9-25)14-15-4-2-1-3-5-15/h1-5,12-13H,6-11,14H2,(H,24,27). The van der Waals surface area contributed by atoms with Gasteiger partial charge in [-0.1, -0.05) is 41.9 Å². The van der Waals surface area contributed by atoms with Crippen molar-refractivity contribution < 1.29 is 13.6 Å². The lowest BCUT2D eigenvalue weighted by atomic mass is 10.2. The van der Waals surface area contributed by atoms with Crippen LogP contribution in [0.3, 0.4) is 0 Å². The fourth-order valence-electron chi connectivity index (χ4n) is 3.13. The lowest BCUT2D eigenvalue weighted by Crippen LogP contribution is -2.48. The second kappa shape index (κ2) is 9.26. The van der Waals surface area contributed by atoms with Gasteiger partial charge in [-0.05, 0) is 17.7 Å². The quantitative estimate of drug-likeness (QED) is 0.766. The average molecular weight is 394 g/mol. The molecule has 0 spiro atoms. The maximum atomic E-state index is 13.3. The molecule has 4 nitrogen and oxygen atoms in total. The van der Waals surface area contributed by atoms with E-state index in [1.165, 1.54) is 5.56 Å². The van der Waals surface area contributed by atoms with Gasteiger partial charge < -0.3 is 5.32 Å². The molecule has 1 N–H and O–H groups in total. The molecule has 2 aromatic rings. The summed E-state index contributed by atoms with van der Waals surface area (Å²) < 4.78 is 26.4. The molecule has 0 bridgehead atoms. The predicted molar refractivity (Wildman–Crippen MR) is 102 cm³/mol. The number of carbonyl (C=O) groups is 1. The molecule has 1 amide bonds. The summed E-state index contributed by atoms with van der Waals surface area (Å²) in [4.78, 5) is 16.8. The molecule has 1 aliphatic rings. The summed E-state index contributed by atoms with van der Waals surface area (Å²) in [7, 11) is 0. The van der Waals surface area contributed by atoms with Gasteiger partial charge in [0, 0.05) is 45.8 Å². The highest BCUT2D eigenvalue weighted by Crippen LogP contribution is 2.19. The molecule has 0 aliphatic carbocycles. The van der Waals surface area contributed by atoms with Gasteiger partial charge in [-0.3, -0.25) is 14.6 Å². The first-order chi connectivity index (χ1) is 13.0. The third-order valence-corrected chi connectivity index (χ3v) is 4.99. The van der Waals surface area contributed by atoms with E-state index in [1.807, 2.05) is 18.2 Å². The van der Waals surface area contributed by atoms with E-state index in [1.54, 1.807) is 0 Å². The number of hydrogen-bond acceptors (Lipinski definition) is 3. The Balaban J connectivity index is 1.40. The number of nitrogens with zero attached hydrogens (tertiary/aromatic N) is 2. The lowest BCUT2D eigenvalue weighted by Gasteiger charge is -2.34. The third kappa shape index (κ3) is 5.48. The number of carbonyl (C=O) groups excluding carboxylic acids is 1. The van der Waals surface area contributed by atoms with Crippen molar-refractivity contribution in [1.82, 2.24) is 15.1 Å². The van der Waals surface area contributed by atoms with Crippen molar-refractivity contribution >= 4 is 17.5 Å². The Morgan fingerprint density at radius 2 is 1.63 bits per heavy atom. The number of nitrogens with one attached hydrogen (secondary N) is 1. The van der Waals surface area contributed by atoms with Gasteiger partial charge in [0.2, 0.25) is 0 Å². The second-order valence-corrected chi connectivity index (χ2v) is 7.01. The number of benzene rings is 2. The molecule has 1 fully saturated rings. The molecule has 2 aromatic carbocycles. The predicted octanol–water partition coefficient (Wildman–Crippen LogP) is 3.17. The van der Waals surface area contributed by atoms with Crippen LogP contribution in [0, 0.1) is 11.6 Å². The molecule has 1 saturated heterocycles. The van der Waals surface area contributed by atoms with Gasteiger partial charge in [-0.25, -0.2) is 8.78 Å². The van der Waals surface area contributed by atoms with Crippen LogP contribution in [0.2, 0.25) is 5.02 Å². The number of amides is 1. The van der Waals surface area contributed by atoms with Crippen LogP contribution >= 0.6 is 11.6 Å². The van der Waals surface area contributed by atoms with Crippen LogP contribution in [-0.2, 0) is 6.54 Å². The molecule has 1 aliphatic heterocycles. The Kier molecular flexibility index (Phi) is 6.77. The highest BCUT2D eigenvalue weighted by Gasteiger charge is 2.18. The fraction of sp³-hybridized carbons (Fsp3) is 0.350. The number of rotatable bonds is 6. The molecular formula is C20H22ClF2N3O. The molecule has 144 valence electrons. The van der Waals surface area contributed by atoms with Crippen molar-refractivity contribution in [3.05, 3.63) is 70.2 Å². The van der Waals surface area contributed by atoms with Crippen LogP contribution in [-0.4, -0.2) is 55.0 Å². The van der Waals surface area contributed by atoms with Crippen LogP contribution in [0.4, 0.5) is 8.78 Å². The molecule has 1 heterocycles. The van der Waals surface area contributed by atoms with Crippen molar-refractivity contribution in [3.8, 4) is 0 Å². The van der Waals surface area contributed by atoms with E-state index < -0.39 is 17.5 Å². The molecule has 3 rings (SSSR count). The SMILES string of the molecule is O=C(NCCN1CCN(Cc2ccccc2)CC1)c1cc(F)c(F)cc1Cl. The van der Waals surface area contributed by atoms with E-state index in [0.717, 1.165) is 44.9 Å². The summed E-state index contributed by atoms with van der Waals surface area (Å²) >= 11 is 5.82. The topological polar surface area (TPSA) is 35.6 Å². The molecule has 0 aromatic heterocycles. The van der Waals surface area contributed by atoms with Crippen molar-refractivity contribution in [3.63, 3.8) is 0 Å². The van der Waals surface area contributed by atoms with Crippen molar-refractivity contribution in [1.29, 1.82) is 0 Å². The molecule has 0 radical (unpaired) electrons. The Morgan fingerprint density at radius 1 is 1.00 bits per heavy atom. The smallest absolute Gasteiger partial charge is 0.252 e. The highest BCUT2D eigenvalue weighted by molar-refractivity contribution is 6.33. The van der Waals surface area contributed by atoms with Crippen LogP contribution in [0.5, 0.6) is 0 Å². The first-order valence-corrected chi connectivity index (χ1v) is 9.32. The first kappa shape index (κ1) is 19.7. The largest absolute Gasteiger partial charge is 0.351 e. The summed E-state index contributed by atoms with van der Waals surface area (Å²) in [5.74, 6) is -2.65. The van der Waals surface area contributed by atoms with Crippen molar-refractivity contribution in [2.45, 2.75) is 6.54 Å². The van der Waals surface area contributed by atoms with Crippen LogP contribution in [0.1, 0.15) is 15.9 Å². The first-order valence-electron chi connectivity index (χ1n) is 8.94. The maximum absolute atomic E-state index is 13.3. The van der Waals surface area contributed by atoms with Gasteiger partial charge in [0.15, 0.2) is 11.6 Å². The van der Waals surface area contributed by atoms with Gasteiger partial charge in [0.25, 0.3) is 5.91 Å². The maximum Gasteiger partial charge on any atom is 0.252 e. The Hall–Kier alpha value is -2.02. The molecule has 0 saturated carbocycles. The van der Waals surface area contributed by atoms with Crippen LogP contribution in [0.15, 0.2) is 42.5 Å². The number of halogens is 3. The van der Waals surface area contributed by atoms with Gasteiger partial charge in [-0.15, -0.1) is 0 Å². The van der Waals surface area contributed by atoms with Gasteiger partial charge >= 0.3 is 0 Å². The normalized spacial score (nSPS) is 15.7. The molecule has 0 atom stereocenters. The van der Waals surface area contributed by atoms with E-state index in [-0.39, 0.29) is 10.6 Å². The van der Waals surface area contributed by atoms with Gasteiger partial charge in [0.1, 0.15) is 0 Å². The third-order valence-electron chi connectivity index (χ3n) is 4.68. The minimum absolute atomic E-state index is 0.0525. The number of piperazine rings is 1. The van der Waals surface area contributed by atoms with Crippen molar-refractivity contribution in [2.24, 2.45) is 0 Å². The summed E-state index contributed by atoms with van der Waals surface area (Å²) in [6.07, 6.45) is 0. The minimum atomic E-state index is -1.08. The fourth-order valence-corrected chi connectivity index (χ4v) is 3.37. The molecular weight excluding hydrogens is 372 g/mol. The Labute approximate surface area is 162 Å². The Morgan fingerprint density at radius 3 is 2.33 bits per heavy atom. The van der Waals surface area contributed by atoms with E-state index >= 15 is 0 Å². The summed E-state index contributed by atoms with van der Waals surface area (Å²) in [6.45, 7) is 5.86.